The van der Waals surface area contributed by atoms with Crippen LogP contribution in [0, 0.1) is 13.8 Å². The van der Waals surface area contributed by atoms with Crippen molar-refractivity contribution < 1.29 is 14.3 Å². The smallest absolute Gasteiger partial charge is 0.254 e. The molecule has 0 aliphatic carbocycles. The number of rotatable bonds is 7. The lowest BCUT2D eigenvalue weighted by Crippen LogP contribution is -2.44. The number of benzene rings is 1. The van der Waals surface area contributed by atoms with Crippen LogP contribution in [0.4, 0.5) is 5.69 Å². The first-order valence-corrected chi connectivity index (χ1v) is 11.2. The fourth-order valence-corrected chi connectivity index (χ4v) is 4.46. The number of aryl methyl sites for hydroxylation is 2. The summed E-state index contributed by atoms with van der Waals surface area (Å²) in [6, 6.07) is 8.26. The van der Waals surface area contributed by atoms with Crippen molar-refractivity contribution in [3.05, 3.63) is 53.0 Å². The Bertz CT molecular complexity index is 1160. The Morgan fingerprint density at radius 1 is 1.18 bits per heavy atom. The average Bonchev–Trinajstić information content (AvgIpc) is 3.24. The summed E-state index contributed by atoms with van der Waals surface area (Å²) in [7, 11) is 1.66. The first-order valence-electron chi connectivity index (χ1n) is 11.2. The van der Waals surface area contributed by atoms with Gasteiger partial charge in [-0.2, -0.15) is 5.10 Å². The number of nitrogens with one attached hydrogen (secondary N) is 1. The minimum Gasteiger partial charge on any atom is -0.497 e. The molecule has 0 saturated carbocycles. The van der Waals surface area contributed by atoms with Gasteiger partial charge in [0, 0.05) is 42.6 Å². The Morgan fingerprint density at radius 2 is 1.88 bits per heavy atom. The second-order valence-electron chi connectivity index (χ2n) is 8.45. The van der Waals surface area contributed by atoms with Crippen molar-refractivity contribution in [1.29, 1.82) is 0 Å². The molecule has 1 aliphatic rings. The molecule has 1 aromatic carbocycles. The van der Waals surface area contributed by atoms with E-state index in [0.717, 1.165) is 48.6 Å². The lowest BCUT2D eigenvalue weighted by Gasteiger charge is -2.34. The number of nitrogens with two attached hydrogens (primary N) is 1. The number of piperidine rings is 1. The molecule has 1 saturated heterocycles. The SMILES string of the molecule is COc1ccc(N2CCC(NC(=O)CCc3c(C)nc4c(C(N)=O)cnn4c3C)CC2)cc1. The highest BCUT2D eigenvalue weighted by Crippen LogP contribution is 2.23. The second-order valence-corrected chi connectivity index (χ2v) is 8.45. The Kier molecular flexibility index (Phi) is 6.48. The number of carbonyl (C=O) groups excluding carboxylic acids is 2. The molecule has 9 nitrogen and oxygen atoms in total. The third-order valence-corrected chi connectivity index (χ3v) is 6.37. The van der Waals surface area contributed by atoms with Crippen molar-refractivity contribution in [1.82, 2.24) is 19.9 Å². The minimum absolute atomic E-state index is 0.0371. The van der Waals surface area contributed by atoms with Gasteiger partial charge in [0.1, 0.15) is 11.3 Å². The van der Waals surface area contributed by atoms with Gasteiger partial charge in [-0.3, -0.25) is 9.59 Å². The van der Waals surface area contributed by atoms with Crippen LogP contribution in [-0.4, -0.2) is 52.7 Å². The molecule has 2 amide bonds. The lowest BCUT2D eigenvalue weighted by atomic mass is 10.0. The van der Waals surface area contributed by atoms with E-state index in [1.165, 1.54) is 11.9 Å². The van der Waals surface area contributed by atoms with E-state index in [1.54, 1.807) is 11.6 Å². The van der Waals surface area contributed by atoms with Gasteiger partial charge in [-0.25, -0.2) is 9.50 Å². The molecule has 0 radical (unpaired) electrons. The molecule has 0 bridgehead atoms. The Labute approximate surface area is 192 Å². The number of ether oxygens (including phenoxy) is 1. The predicted octanol–water partition coefficient (Wildman–Crippen LogP) is 2.17. The topological polar surface area (TPSA) is 115 Å². The van der Waals surface area contributed by atoms with Gasteiger partial charge in [-0.15, -0.1) is 0 Å². The van der Waals surface area contributed by atoms with Gasteiger partial charge in [0.2, 0.25) is 5.91 Å². The molecule has 4 rings (SSSR count). The minimum atomic E-state index is -0.554. The Hall–Kier alpha value is -3.62. The van der Waals surface area contributed by atoms with E-state index in [1.807, 2.05) is 26.0 Å². The summed E-state index contributed by atoms with van der Waals surface area (Å²) in [6.45, 7) is 5.60. The number of amides is 2. The van der Waals surface area contributed by atoms with Crippen molar-refractivity contribution in [3.63, 3.8) is 0 Å². The maximum Gasteiger partial charge on any atom is 0.254 e. The molecule has 3 aromatic rings. The quantitative estimate of drug-likeness (QED) is 0.570. The maximum absolute atomic E-state index is 12.6. The molecule has 174 valence electrons. The van der Waals surface area contributed by atoms with Crippen LogP contribution in [0.1, 0.15) is 46.6 Å². The summed E-state index contributed by atoms with van der Waals surface area (Å²) < 4.78 is 6.85. The predicted molar refractivity (Wildman–Crippen MR) is 126 cm³/mol. The van der Waals surface area contributed by atoms with E-state index in [2.05, 4.69) is 32.4 Å². The summed E-state index contributed by atoms with van der Waals surface area (Å²) in [4.78, 5) is 31.1. The fraction of sp³-hybridized carbons (Fsp3) is 0.417. The summed E-state index contributed by atoms with van der Waals surface area (Å²) in [5.41, 5.74) is 9.95. The molecular weight excluding hydrogens is 420 g/mol. The summed E-state index contributed by atoms with van der Waals surface area (Å²) in [6.07, 6.45) is 4.19. The number of aromatic nitrogens is 3. The van der Waals surface area contributed by atoms with Crippen LogP contribution >= 0.6 is 0 Å². The molecule has 1 fully saturated rings. The standard InChI is InChI=1S/C24H30N6O3/c1-15-20(16(2)30-24(27-15)21(14-26-30)23(25)32)8-9-22(31)28-17-10-12-29(13-11-17)18-4-6-19(33-3)7-5-18/h4-7,14,17H,8-13H2,1-3H3,(H2,25,32)(H,28,31). The van der Waals surface area contributed by atoms with Crippen LogP contribution in [0.25, 0.3) is 5.65 Å². The molecule has 0 unspecified atom stereocenters. The molecule has 1 aliphatic heterocycles. The second kappa shape index (κ2) is 9.48. The molecule has 0 atom stereocenters. The van der Waals surface area contributed by atoms with Gasteiger partial charge in [-0.1, -0.05) is 0 Å². The zero-order chi connectivity index (χ0) is 23.5. The maximum atomic E-state index is 12.6. The van der Waals surface area contributed by atoms with Crippen LogP contribution in [0.15, 0.2) is 30.5 Å². The summed E-state index contributed by atoms with van der Waals surface area (Å²) in [5.74, 6) is 0.332. The Morgan fingerprint density at radius 3 is 2.52 bits per heavy atom. The number of hydrogen-bond acceptors (Lipinski definition) is 6. The summed E-state index contributed by atoms with van der Waals surface area (Å²) >= 11 is 0. The largest absolute Gasteiger partial charge is 0.497 e. The van der Waals surface area contributed by atoms with Crippen molar-refractivity contribution in [2.45, 2.75) is 45.6 Å². The molecule has 0 spiro atoms. The lowest BCUT2D eigenvalue weighted by molar-refractivity contribution is -0.121. The van der Waals surface area contributed by atoms with Gasteiger partial charge < -0.3 is 20.7 Å². The normalized spacial score (nSPS) is 14.5. The van der Waals surface area contributed by atoms with Gasteiger partial charge in [0.05, 0.1) is 13.3 Å². The van der Waals surface area contributed by atoms with Crippen LogP contribution in [0.3, 0.4) is 0 Å². The van der Waals surface area contributed by atoms with Crippen LogP contribution in [-0.2, 0) is 11.2 Å². The van der Waals surface area contributed by atoms with Crippen molar-refractivity contribution in [3.8, 4) is 5.75 Å². The molecular formula is C24H30N6O3. The molecule has 33 heavy (non-hydrogen) atoms. The van der Waals surface area contributed by atoms with E-state index in [0.29, 0.717) is 24.1 Å². The van der Waals surface area contributed by atoms with Crippen molar-refractivity contribution in [2.75, 3.05) is 25.1 Å². The van der Waals surface area contributed by atoms with E-state index in [4.69, 9.17) is 10.5 Å². The number of nitrogens with zero attached hydrogens (tertiary/aromatic N) is 4. The van der Waals surface area contributed by atoms with Crippen LogP contribution < -0.4 is 20.7 Å². The molecule has 3 heterocycles. The number of anilines is 1. The highest BCUT2D eigenvalue weighted by Gasteiger charge is 2.22. The average molecular weight is 451 g/mol. The number of carbonyl (C=O) groups is 2. The third-order valence-electron chi connectivity index (χ3n) is 6.37. The molecule has 2 aromatic heterocycles. The summed E-state index contributed by atoms with van der Waals surface area (Å²) in [5, 5.41) is 7.43. The van der Waals surface area contributed by atoms with E-state index >= 15 is 0 Å². The van der Waals surface area contributed by atoms with E-state index in [-0.39, 0.29) is 11.9 Å². The first-order chi connectivity index (χ1) is 15.9. The van der Waals surface area contributed by atoms with Crippen LogP contribution in [0.5, 0.6) is 5.75 Å². The van der Waals surface area contributed by atoms with E-state index in [9.17, 15) is 9.59 Å². The van der Waals surface area contributed by atoms with Gasteiger partial charge >= 0.3 is 0 Å². The zero-order valence-electron chi connectivity index (χ0n) is 19.3. The van der Waals surface area contributed by atoms with Crippen molar-refractivity contribution in [2.24, 2.45) is 5.73 Å². The molecule has 3 N–H and O–H groups in total. The van der Waals surface area contributed by atoms with Crippen LogP contribution in [0.2, 0.25) is 0 Å². The van der Waals surface area contributed by atoms with Crippen molar-refractivity contribution >= 4 is 23.1 Å². The molecule has 9 heteroatoms. The van der Waals surface area contributed by atoms with Gasteiger partial charge in [0.25, 0.3) is 5.91 Å². The van der Waals surface area contributed by atoms with Gasteiger partial charge in [0.15, 0.2) is 5.65 Å². The number of methoxy groups -OCH3 is 1. The monoisotopic (exact) mass is 450 g/mol. The number of fused-ring (bicyclic) bond motifs is 1. The fourth-order valence-electron chi connectivity index (χ4n) is 4.46. The highest BCUT2D eigenvalue weighted by molar-refractivity contribution is 5.98. The van der Waals surface area contributed by atoms with E-state index < -0.39 is 5.91 Å². The number of hydrogen-bond donors (Lipinski definition) is 2. The Balaban J connectivity index is 1.32. The third kappa shape index (κ3) is 4.76. The zero-order valence-corrected chi connectivity index (χ0v) is 19.3. The number of primary amides is 1. The highest BCUT2D eigenvalue weighted by atomic mass is 16.5. The first kappa shape index (κ1) is 22.6. The van der Waals surface area contributed by atoms with Gasteiger partial charge in [-0.05, 0) is 62.9 Å².